The average Bonchev–Trinajstić information content (AvgIpc) is 3.37. The minimum atomic E-state index is -0.646. The third-order valence-corrected chi connectivity index (χ3v) is 5.33. The summed E-state index contributed by atoms with van der Waals surface area (Å²) < 4.78 is 21.8. The summed E-state index contributed by atoms with van der Waals surface area (Å²) in [5.74, 6) is 0.0814. The predicted octanol–water partition coefficient (Wildman–Crippen LogP) is 5.78. The summed E-state index contributed by atoms with van der Waals surface area (Å²) in [7, 11) is 0. The topological polar surface area (TPSA) is 107 Å². The number of nitrogen functional groups attached to an aromatic ring is 1. The first-order valence-corrected chi connectivity index (χ1v) is 10.9. The van der Waals surface area contributed by atoms with E-state index in [0.717, 1.165) is 22.7 Å². The summed E-state index contributed by atoms with van der Waals surface area (Å²) in [6.07, 6.45) is 1.46. The highest BCUT2D eigenvalue weighted by atomic mass is 32.1. The van der Waals surface area contributed by atoms with E-state index in [-0.39, 0.29) is 16.9 Å². The molecule has 0 aliphatic rings. The van der Waals surface area contributed by atoms with E-state index < -0.39 is 11.8 Å². The highest BCUT2D eigenvalue weighted by Gasteiger charge is 2.22. The van der Waals surface area contributed by atoms with E-state index in [0.29, 0.717) is 16.0 Å². The first-order valence-electron chi connectivity index (χ1n) is 10.1. The molecule has 170 valence electrons. The maximum atomic E-state index is 14.6. The van der Waals surface area contributed by atoms with E-state index in [4.69, 9.17) is 10.5 Å². The second-order valence-electron chi connectivity index (χ2n) is 8.25. The summed E-state index contributed by atoms with van der Waals surface area (Å²) >= 11 is 1.14. The van der Waals surface area contributed by atoms with Crippen molar-refractivity contribution in [2.75, 3.05) is 16.4 Å². The first-order chi connectivity index (χ1) is 15.7. The third-order valence-electron chi connectivity index (χ3n) is 4.63. The Morgan fingerprint density at radius 3 is 2.52 bits per heavy atom. The Balaban J connectivity index is 1.51. The molecule has 0 fully saturated rings. The molecule has 4 aromatic rings. The van der Waals surface area contributed by atoms with Gasteiger partial charge in [0.05, 0.1) is 23.3 Å². The highest BCUT2D eigenvalue weighted by molar-refractivity contribution is 7.17. The van der Waals surface area contributed by atoms with Crippen LogP contribution in [0, 0.1) is 5.82 Å². The lowest BCUT2D eigenvalue weighted by molar-refractivity contribution is 0.262. The van der Waals surface area contributed by atoms with Gasteiger partial charge in [-0.3, -0.25) is 5.32 Å². The van der Waals surface area contributed by atoms with Gasteiger partial charge in [-0.15, -0.1) is 0 Å². The number of nitrogens with one attached hydrogen (secondary N) is 2. The lowest BCUT2D eigenvalue weighted by atomic mass is 9.92. The molecular weight excluding hydrogens is 443 g/mol. The summed E-state index contributed by atoms with van der Waals surface area (Å²) in [5, 5.41) is 10.7. The number of carbonyl (C=O) groups is 1. The fourth-order valence-electron chi connectivity index (χ4n) is 2.97. The Hall–Kier alpha value is -3.92. The second-order valence-corrected chi connectivity index (χ2v) is 9.28. The Bertz CT molecular complexity index is 1280. The van der Waals surface area contributed by atoms with Gasteiger partial charge >= 0.3 is 6.03 Å². The fraction of sp³-hybridized carbons (Fsp3) is 0.174. The third kappa shape index (κ3) is 5.29. The van der Waals surface area contributed by atoms with Gasteiger partial charge in [-0.05, 0) is 24.3 Å². The molecule has 2 heterocycles. The van der Waals surface area contributed by atoms with Gasteiger partial charge in [0.1, 0.15) is 17.4 Å². The van der Waals surface area contributed by atoms with Gasteiger partial charge in [-0.1, -0.05) is 50.3 Å². The van der Waals surface area contributed by atoms with Crippen LogP contribution in [0.1, 0.15) is 26.5 Å². The quantitative estimate of drug-likeness (QED) is 0.345. The van der Waals surface area contributed by atoms with Gasteiger partial charge in [0.2, 0.25) is 5.06 Å². The predicted molar refractivity (Wildman–Crippen MR) is 128 cm³/mol. The van der Waals surface area contributed by atoms with Crippen LogP contribution >= 0.6 is 11.3 Å². The molecule has 33 heavy (non-hydrogen) atoms. The number of carbonyl (C=O) groups excluding carboxylic acids is 1. The lowest BCUT2D eigenvalue weighted by Crippen LogP contribution is -2.21. The van der Waals surface area contributed by atoms with Crippen molar-refractivity contribution in [1.29, 1.82) is 0 Å². The number of halogens is 1. The molecule has 4 rings (SSSR count). The maximum absolute atomic E-state index is 14.6. The maximum Gasteiger partial charge on any atom is 0.324 e. The smallest absolute Gasteiger partial charge is 0.324 e. The normalized spacial score (nSPS) is 11.3. The van der Waals surface area contributed by atoms with Crippen molar-refractivity contribution in [1.82, 2.24) is 14.8 Å². The summed E-state index contributed by atoms with van der Waals surface area (Å²) in [4.78, 5) is 16.6. The number of para-hydroxylation sites is 1. The monoisotopic (exact) mass is 466 g/mol. The highest BCUT2D eigenvalue weighted by Crippen LogP contribution is 2.31. The van der Waals surface area contributed by atoms with Crippen molar-refractivity contribution in [3.05, 3.63) is 72.3 Å². The van der Waals surface area contributed by atoms with Crippen LogP contribution in [0.2, 0.25) is 0 Å². The molecular formula is C23H23FN6O2S. The SMILES string of the molecule is CC(C)(C)c1cc(NC(=O)Nc2ccc(Oc3cnc(N)s3)cc2F)n(-c2ccccc2)n1. The van der Waals surface area contributed by atoms with Gasteiger partial charge < -0.3 is 15.8 Å². The molecule has 2 aromatic heterocycles. The van der Waals surface area contributed by atoms with Gasteiger partial charge in [-0.2, -0.15) is 5.10 Å². The molecule has 0 unspecified atom stereocenters. The van der Waals surface area contributed by atoms with E-state index in [1.807, 2.05) is 51.1 Å². The molecule has 2 aromatic carbocycles. The van der Waals surface area contributed by atoms with E-state index >= 15 is 0 Å². The van der Waals surface area contributed by atoms with E-state index in [9.17, 15) is 9.18 Å². The molecule has 0 radical (unpaired) electrons. The number of nitrogens with two attached hydrogens (primary N) is 1. The number of thiazole rings is 1. The molecule has 0 atom stereocenters. The number of hydrogen-bond donors (Lipinski definition) is 3. The second kappa shape index (κ2) is 8.91. The minimum Gasteiger partial charge on any atom is -0.445 e. The van der Waals surface area contributed by atoms with E-state index in [1.54, 1.807) is 16.8 Å². The first kappa shape index (κ1) is 22.3. The van der Waals surface area contributed by atoms with Gasteiger partial charge in [0.25, 0.3) is 0 Å². The number of nitrogens with zero attached hydrogens (tertiary/aromatic N) is 3. The Morgan fingerprint density at radius 2 is 1.88 bits per heavy atom. The van der Waals surface area contributed by atoms with E-state index in [1.165, 1.54) is 18.3 Å². The number of anilines is 3. The summed E-state index contributed by atoms with van der Waals surface area (Å²) in [6, 6.07) is 14.8. The van der Waals surface area contributed by atoms with Crippen LogP contribution in [-0.4, -0.2) is 20.8 Å². The van der Waals surface area contributed by atoms with E-state index in [2.05, 4.69) is 20.7 Å². The summed E-state index contributed by atoms with van der Waals surface area (Å²) in [5.41, 5.74) is 6.95. The van der Waals surface area contributed by atoms with Crippen LogP contribution in [0.4, 0.5) is 25.8 Å². The molecule has 2 amide bonds. The number of amides is 2. The zero-order valence-corrected chi connectivity index (χ0v) is 19.1. The summed E-state index contributed by atoms with van der Waals surface area (Å²) in [6.45, 7) is 6.11. The average molecular weight is 467 g/mol. The van der Waals surface area contributed by atoms with Gasteiger partial charge in [0, 0.05) is 17.5 Å². The molecule has 0 aliphatic heterocycles. The number of hydrogen-bond acceptors (Lipinski definition) is 6. The van der Waals surface area contributed by atoms with Crippen LogP contribution in [0.3, 0.4) is 0 Å². The van der Waals surface area contributed by atoms with Crippen LogP contribution in [-0.2, 0) is 5.41 Å². The van der Waals surface area contributed by atoms with Crippen molar-refractivity contribution in [3.8, 4) is 16.5 Å². The fourth-order valence-corrected chi connectivity index (χ4v) is 3.52. The van der Waals surface area contributed by atoms with Crippen LogP contribution in [0.5, 0.6) is 10.8 Å². The van der Waals surface area contributed by atoms with Crippen LogP contribution in [0.15, 0.2) is 60.8 Å². The van der Waals surface area contributed by atoms with Gasteiger partial charge in [0.15, 0.2) is 5.13 Å². The number of ether oxygens (including phenoxy) is 1. The molecule has 10 heteroatoms. The zero-order valence-electron chi connectivity index (χ0n) is 18.3. The molecule has 8 nitrogen and oxygen atoms in total. The zero-order chi connectivity index (χ0) is 23.6. The Kier molecular flexibility index (Phi) is 6.01. The minimum absolute atomic E-state index is 0.00508. The molecule has 0 saturated heterocycles. The largest absolute Gasteiger partial charge is 0.445 e. The van der Waals surface area contributed by atoms with Crippen molar-refractivity contribution < 1.29 is 13.9 Å². The number of benzene rings is 2. The Labute approximate surface area is 194 Å². The molecule has 4 N–H and O–H groups in total. The standard InChI is InChI=1S/C23H23FN6O2S/c1-23(2,3)18-12-19(30(29-18)14-7-5-4-6-8-14)28-22(31)27-17-10-9-15(11-16(17)24)32-20-13-26-21(25)33-20/h4-13H,1-3H3,(H2,25,26)(H2,27,28,31). The molecule has 0 saturated carbocycles. The van der Waals surface area contributed by atoms with Crippen molar-refractivity contribution in [2.45, 2.75) is 26.2 Å². The number of aromatic nitrogens is 3. The van der Waals surface area contributed by atoms with Crippen molar-refractivity contribution >= 4 is 34.0 Å². The molecule has 0 aliphatic carbocycles. The molecule has 0 spiro atoms. The van der Waals surface area contributed by atoms with Crippen molar-refractivity contribution in [2.24, 2.45) is 0 Å². The van der Waals surface area contributed by atoms with Crippen molar-refractivity contribution in [3.63, 3.8) is 0 Å². The van der Waals surface area contributed by atoms with Crippen LogP contribution in [0.25, 0.3) is 5.69 Å². The van der Waals surface area contributed by atoms with Gasteiger partial charge in [-0.25, -0.2) is 18.9 Å². The number of urea groups is 1. The Morgan fingerprint density at radius 1 is 1.12 bits per heavy atom. The molecule has 0 bridgehead atoms. The van der Waals surface area contributed by atoms with Crippen LogP contribution < -0.4 is 21.1 Å². The lowest BCUT2D eigenvalue weighted by Gasteiger charge is -2.14. The number of rotatable bonds is 5.